The van der Waals surface area contributed by atoms with Crippen LogP contribution in [-0.4, -0.2) is 53.7 Å². The van der Waals surface area contributed by atoms with Gasteiger partial charge in [-0.25, -0.2) is 9.59 Å². The molecule has 0 aromatic heterocycles. The standard InChI is InChI=1S/C13H23N3O3/c1-9-4-7-16(11(8-9)12(17)18)13(19)15-10-2-5-14-6-3-10/h9-11,14H,2-8H2,1H3,(H,15,19)(H,17,18). The van der Waals surface area contributed by atoms with Crippen LogP contribution >= 0.6 is 0 Å². The van der Waals surface area contributed by atoms with Gasteiger partial charge < -0.3 is 20.6 Å². The predicted molar refractivity (Wildman–Crippen MR) is 71.0 cm³/mol. The largest absolute Gasteiger partial charge is 0.480 e. The van der Waals surface area contributed by atoms with E-state index in [1.807, 2.05) is 6.92 Å². The fourth-order valence-corrected chi connectivity index (χ4v) is 2.84. The van der Waals surface area contributed by atoms with Crippen molar-refractivity contribution in [2.75, 3.05) is 19.6 Å². The molecule has 0 spiro atoms. The second-order valence-corrected chi connectivity index (χ2v) is 5.65. The minimum absolute atomic E-state index is 0.169. The molecule has 0 aromatic rings. The number of carbonyl (C=O) groups excluding carboxylic acids is 1. The van der Waals surface area contributed by atoms with Crippen molar-refractivity contribution in [2.45, 2.75) is 44.7 Å². The first kappa shape index (κ1) is 14.1. The lowest BCUT2D eigenvalue weighted by atomic mass is 9.92. The zero-order valence-corrected chi connectivity index (χ0v) is 11.4. The second-order valence-electron chi connectivity index (χ2n) is 5.65. The summed E-state index contributed by atoms with van der Waals surface area (Å²) in [4.78, 5) is 25.0. The van der Waals surface area contributed by atoms with Gasteiger partial charge in [-0.1, -0.05) is 6.92 Å². The lowest BCUT2D eigenvalue weighted by Gasteiger charge is -2.37. The van der Waals surface area contributed by atoms with E-state index in [9.17, 15) is 14.7 Å². The summed E-state index contributed by atoms with van der Waals surface area (Å²) in [6, 6.07) is -0.723. The normalized spacial score (nSPS) is 29.0. The molecule has 2 rings (SSSR count). The van der Waals surface area contributed by atoms with Gasteiger partial charge in [0.1, 0.15) is 6.04 Å². The van der Waals surface area contributed by atoms with Gasteiger partial charge >= 0.3 is 12.0 Å². The van der Waals surface area contributed by atoms with Gasteiger partial charge in [0.2, 0.25) is 0 Å². The number of carboxylic acid groups (broad SMARTS) is 1. The van der Waals surface area contributed by atoms with Gasteiger partial charge in [0, 0.05) is 12.6 Å². The van der Waals surface area contributed by atoms with Crippen LogP contribution in [0.3, 0.4) is 0 Å². The molecule has 0 radical (unpaired) electrons. The Balaban J connectivity index is 1.93. The van der Waals surface area contributed by atoms with Crippen molar-refractivity contribution in [1.82, 2.24) is 15.5 Å². The van der Waals surface area contributed by atoms with Crippen molar-refractivity contribution in [3.63, 3.8) is 0 Å². The highest BCUT2D eigenvalue weighted by Gasteiger charge is 2.35. The van der Waals surface area contributed by atoms with Gasteiger partial charge in [0.15, 0.2) is 0 Å². The number of hydrogen-bond donors (Lipinski definition) is 3. The van der Waals surface area contributed by atoms with E-state index in [0.29, 0.717) is 18.9 Å². The van der Waals surface area contributed by atoms with E-state index in [2.05, 4.69) is 10.6 Å². The molecule has 2 aliphatic heterocycles. The van der Waals surface area contributed by atoms with Gasteiger partial charge in [0.25, 0.3) is 0 Å². The molecule has 2 unspecified atom stereocenters. The second kappa shape index (κ2) is 6.23. The molecule has 6 nitrogen and oxygen atoms in total. The highest BCUT2D eigenvalue weighted by atomic mass is 16.4. The van der Waals surface area contributed by atoms with E-state index in [1.165, 1.54) is 4.90 Å². The SMILES string of the molecule is CC1CCN(C(=O)NC2CCNCC2)C(C(=O)O)C1. The Labute approximate surface area is 113 Å². The topological polar surface area (TPSA) is 81.7 Å². The Bertz CT molecular complexity index is 342. The molecular weight excluding hydrogens is 246 g/mol. The third-order valence-corrected chi connectivity index (χ3v) is 4.08. The monoisotopic (exact) mass is 269 g/mol. The summed E-state index contributed by atoms with van der Waals surface area (Å²) >= 11 is 0. The van der Waals surface area contributed by atoms with Crippen molar-refractivity contribution in [3.8, 4) is 0 Å². The van der Waals surface area contributed by atoms with Crippen molar-refractivity contribution in [3.05, 3.63) is 0 Å². The smallest absolute Gasteiger partial charge is 0.326 e. The molecule has 2 aliphatic rings. The molecule has 0 saturated carbocycles. The molecular formula is C13H23N3O3. The Kier molecular flexibility index (Phi) is 4.63. The molecule has 2 heterocycles. The highest BCUT2D eigenvalue weighted by molar-refractivity contribution is 5.83. The van der Waals surface area contributed by atoms with Crippen molar-refractivity contribution < 1.29 is 14.7 Å². The minimum atomic E-state index is -0.896. The number of rotatable bonds is 2. The van der Waals surface area contributed by atoms with Crippen LogP contribution in [0.4, 0.5) is 4.79 Å². The third-order valence-electron chi connectivity index (χ3n) is 4.08. The highest BCUT2D eigenvalue weighted by Crippen LogP contribution is 2.23. The number of piperidine rings is 2. The van der Waals surface area contributed by atoms with Gasteiger partial charge in [-0.3, -0.25) is 0 Å². The van der Waals surface area contributed by atoms with Gasteiger partial charge in [-0.2, -0.15) is 0 Å². The molecule has 0 aliphatic carbocycles. The molecule has 3 N–H and O–H groups in total. The summed E-state index contributed by atoms with van der Waals surface area (Å²) in [6.45, 7) is 4.39. The number of nitrogens with one attached hydrogen (secondary N) is 2. The van der Waals surface area contributed by atoms with E-state index in [4.69, 9.17) is 0 Å². The summed E-state index contributed by atoms with van der Waals surface area (Å²) in [6.07, 6.45) is 3.25. The van der Waals surface area contributed by atoms with E-state index < -0.39 is 12.0 Å². The van der Waals surface area contributed by atoms with Crippen molar-refractivity contribution in [2.24, 2.45) is 5.92 Å². The van der Waals surface area contributed by atoms with Crippen LogP contribution in [0.1, 0.15) is 32.6 Å². The van der Waals surface area contributed by atoms with Crippen LogP contribution < -0.4 is 10.6 Å². The number of carboxylic acids is 1. The van der Waals surface area contributed by atoms with Crippen LogP contribution in [0, 0.1) is 5.92 Å². The average molecular weight is 269 g/mol. The van der Waals surface area contributed by atoms with Gasteiger partial charge in [-0.15, -0.1) is 0 Å². The average Bonchev–Trinajstić information content (AvgIpc) is 2.39. The van der Waals surface area contributed by atoms with Crippen LogP contribution in [-0.2, 0) is 4.79 Å². The van der Waals surface area contributed by atoms with E-state index in [1.54, 1.807) is 0 Å². The lowest BCUT2D eigenvalue weighted by molar-refractivity contribution is -0.143. The summed E-state index contributed by atoms with van der Waals surface area (Å²) in [5.41, 5.74) is 0. The fraction of sp³-hybridized carbons (Fsp3) is 0.846. The molecule has 6 heteroatoms. The summed E-state index contributed by atoms with van der Waals surface area (Å²) < 4.78 is 0. The molecule has 108 valence electrons. The Morgan fingerprint density at radius 1 is 1.26 bits per heavy atom. The molecule has 19 heavy (non-hydrogen) atoms. The van der Waals surface area contributed by atoms with E-state index >= 15 is 0 Å². The zero-order valence-electron chi connectivity index (χ0n) is 11.4. The minimum Gasteiger partial charge on any atom is -0.480 e. The summed E-state index contributed by atoms with van der Waals surface area (Å²) in [7, 11) is 0. The summed E-state index contributed by atoms with van der Waals surface area (Å²) in [5, 5.41) is 15.5. The molecule has 2 fully saturated rings. The Morgan fingerprint density at radius 2 is 1.95 bits per heavy atom. The lowest BCUT2D eigenvalue weighted by Crippen LogP contribution is -2.56. The Morgan fingerprint density at radius 3 is 2.58 bits per heavy atom. The van der Waals surface area contributed by atoms with Crippen LogP contribution in [0.25, 0.3) is 0 Å². The number of carbonyl (C=O) groups is 2. The van der Waals surface area contributed by atoms with Crippen LogP contribution in [0.2, 0.25) is 0 Å². The van der Waals surface area contributed by atoms with Crippen molar-refractivity contribution in [1.29, 1.82) is 0 Å². The molecule has 0 aromatic carbocycles. The van der Waals surface area contributed by atoms with Gasteiger partial charge in [0.05, 0.1) is 0 Å². The molecule has 2 amide bonds. The first-order chi connectivity index (χ1) is 9.08. The van der Waals surface area contributed by atoms with Crippen molar-refractivity contribution >= 4 is 12.0 Å². The Hall–Kier alpha value is -1.30. The van der Waals surface area contributed by atoms with E-state index in [0.717, 1.165) is 32.4 Å². The number of hydrogen-bond acceptors (Lipinski definition) is 3. The van der Waals surface area contributed by atoms with E-state index in [-0.39, 0.29) is 12.1 Å². The maximum atomic E-state index is 12.2. The number of likely N-dealkylation sites (tertiary alicyclic amines) is 1. The third kappa shape index (κ3) is 3.59. The number of amides is 2. The number of urea groups is 1. The molecule has 2 saturated heterocycles. The molecule has 2 atom stereocenters. The molecule has 0 bridgehead atoms. The maximum absolute atomic E-state index is 12.2. The number of nitrogens with zero attached hydrogens (tertiary/aromatic N) is 1. The summed E-state index contributed by atoms with van der Waals surface area (Å²) in [5.74, 6) is -0.531. The quantitative estimate of drug-likeness (QED) is 0.687. The van der Waals surface area contributed by atoms with Gasteiger partial charge in [-0.05, 0) is 44.7 Å². The van der Waals surface area contributed by atoms with Crippen LogP contribution in [0.5, 0.6) is 0 Å². The van der Waals surface area contributed by atoms with Crippen LogP contribution in [0.15, 0.2) is 0 Å². The first-order valence-electron chi connectivity index (χ1n) is 7.08. The maximum Gasteiger partial charge on any atom is 0.326 e. The fourth-order valence-electron chi connectivity index (χ4n) is 2.84. The first-order valence-corrected chi connectivity index (χ1v) is 7.08. The predicted octanol–water partition coefficient (Wildman–Crippen LogP) is 0.633. The number of aliphatic carboxylic acids is 1. The zero-order chi connectivity index (χ0) is 13.8.